The lowest BCUT2D eigenvalue weighted by Gasteiger charge is -2.12. The number of thioether (sulfide) groups is 1. The second-order valence-corrected chi connectivity index (χ2v) is 5.72. The van der Waals surface area contributed by atoms with Gasteiger partial charge in [-0.25, -0.2) is 8.78 Å². The highest BCUT2D eigenvalue weighted by Crippen LogP contribution is 2.24. The molecule has 0 aliphatic heterocycles. The molecule has 1 unspecified atom stereocenters. The summed E-state index contributed by atoms with van der Waals surface area (Å²) >= 11 is 1.10. The second-order valence-electron chi connectivity index (χ2n) is 4.68. The maximum atomic E-state index is 13.1. The molecule has 0 aromatic heterocycles. The van der Waals surface area contributed by atoms with Gasteiger partial charge in [-0.05, 0) is 31.2 Å². The largest absolute Gasteiger partial charge is 0.389 e. The summed E-state index contributed by atoms with van der Waals surface area (Å²) in [5, 5.41) is 12.3. The molecular formula is C16H15F2NO2S. The molecule has 0 bridgehead atoms. The Kier molecular flexibility index (Phi) is 5.51. The molecule has 2 aromatic rings. The molecule has 0 saturated heterocycles. The quantitative estimate of drug-likeness (QED) is 0.824. The van der Waals surface area contributed by atoms with Crippen LogP contribution in [0.15, 0.2) is 47.4 Å². The number of halogens is 2. The van der Waals surface area contributed by atoms with Gasteiger partial charge in [-0.1, -0.05) is 18.2 Å². The zero-order valence-electron chi connectivity index (χ0n) is 11.8. The molecule has 116 valence electrons. The van der Waals surface area contributed by atoms with Gasteiger partial charge in [0.25, 0.3) is 0 Å². The lowest BCUT2D eigenvalue weighted by Crippen LogP contribution is -2.15. The van der Waals surface area contributed by atoms with Crippen molar-refractivity contribution < 1.29 is 18.7 Å². The fourth-order valence-electron chi connectivity index (χ4n) is 1.88. The van der Waals surface area contributed by atoms with E-state index in [0.717, 1.165) is 23.9 Å². The van der Waals surface area contributed by atoms with E-state index in [4.69, 9.17) is 0 Å². The number of carbonyl (C=O) groups excluding carboxylic acids is 1. The van der Waals surface area contributed by atoms with Gasteiger partial charge in [0.05, 0.1) is 11.9 Å². The molecule has 0 spiro atoms. The van der Waals surface area contributed by atoms with Crippen molar-refractivity contribution in [2.45, 2.75) is 17.9 Å². The molecule has 3 nitrogen and oxygen atoms in total. The fraction of sp³-hybridized carbons (Fsp3) is 0.188. The van der Waals surface area contributed by atoms with Crippen LogP contribution >= 0.6 is 11.8 Å². The third-order valence-electron chi connectivity index (χ3n) is 2.95. The number of anilines is 1. The van der Waals surface area contributed by atoms with Crippen LogP contribution in [0, 0.1) is 11.6 Å². The van der Waals surface area contributed by atoms with Crippen LogP contribution < -0.4 is 5.32 Å². The van der Waals surface area contributed by atoms with Crippen LogP contribution in [-0.2, 0) is 4.79 Å². The zero-order valence-corrected chi connectivity index (χ0v) is 12.7. The Hall–Kier alpha value is -1.92. The van der Waals surface area contributed by atoms with E-state index < -0.39 is 17.7 Å². The highest BCUT2D eigenvalue weighted by Gasteiger charge is 2.11. The predicted molar refractivity (Wildman–Crippen MR) is 82.8 cm³/mol. The average Bonchev–Trinajstić information content (AvgIpc) is 2.49. The number of hydrogen-bond donors (Lipinski definition) is 2. The summed E-state index contributed by atoms with van der Waals surface area (Å²) in [6, 6.07) is 10.4. The lowest BCUT2D eigenvalue weighted by atomic mass is 10.1. The number of amides is 1. The van der Waals surface area contributed by atoms with Crippen molar-refractivity contribution in [1.82, 2.24) is 0 Å². The molecular weight excluding hydrogens is 308 g/mol. The van der Waals surface area contributed by atoms with E-state index in [1.54, 1.807) is 31.2 Å². The minimum absolute atomic E-state index is 0.0548. The van der Waals surface area contributed by atoms with Crippen molar-refractivity contribution >= 4 is 23.4 Å². The first-order valence-electron chi connectivity index (χ1n) is 6.62. The van der Waals surface area contributed by atoms with E-state index in [1.807, 2.05) is 0 Å². The first-order valence-corrected chi connectivity index (χ1v) is 7.60. The van der Waals surface area contributed by atoms with Crippen LogP contribution in [0.25, 0.3) is 0 Å². The van der Waals surface area contributed by atoms with Gasteiger partial charge in [0.2, 0.25) is 5.91 Å². The molecule has 0 fully saturated rings. The molecule has 0 radical (unpaired) electrons. The van der Waals surface area contributed by atoms with E-state index >= 15 is 0 Å². The lowest BCUT2D eigenvalue weighted by molar-refractivity contribution is -0.113. The zero-order chi connectivity index (χ0) is 16.1. The van der Waals surface area contributed by atoms with Crippen molar-refractivity contribution in [3.8, 4) is 0 Å². The van der Waals surface area contributed by atoms with Gasteiger partial charge in [-0.15, -0.1) is 11.8 Å². The van der Waals surface area contributed by atoms with Gasteiger partial charge in [0.1, 0.15) is 0 Å². The highest BCUT2D eigenvalue weighted by atomic mass is 32.2. The molecule has 0 aliphatic rings. The summed E-state index contributed by atoms with van der Waals surface area (Å²) in [6.45, 7) is 1.61. The summed E-state index contributed by atoms with van der Waals surface area (Å²) in [5.74, 6) is -2.09. The minimum Gasteiger partial charge on any atom is -0.389 e. The molecule has 2 aromatic carbocycles. The maximum Gasteiger partial charge on any atom is 0.234 e. The second kappa shape index (κ2) is 7.38. The van der Waals surface area contributed by atoms with Gasteiger partial charge in [-0.2, -0.15) is 0 Å². The van der Waals surface area contributed by atoms with E-state index in [2.05, 4.69) is 5.32 Å². The normalized spacial score (nSPS) is 12.0. The van der Waals surface area contributed by atoms with Crippen LogP contribution in [0.1, 0.15) is 18.6 Å². The summed E-state index contributed by atoms with van der Waals surface area (Å²) in [5.41, 5.74) is 1.15. The average molecular weight is 323 g/mol. The molecule has 1 amide bonds. The molecule has 22 heavy (non-hydrogen) atoms. The van der Waals surface area contributed by atoms with Crippen LogP contribution in [0.5, 0.6) is 0 Å². The first kappa shape index (κ1) is 16.5. The van der Waals surface area contributed by atoms with Gasteiger partial charge in [0.15, 0.2) is 11.6 Å². The maximum absolute atomic E-state index is 13.1. The molecule has 6 heteroatoms. The number of para-hydroxylation sites is 1. The fourth-order valence-corrected chi connectivity index (χ4v) is 2.60. The van der Waals surface area contributed by atoms with Crippen molar-refractivity contribution in [3.63, 3.8) is 0 Å². The summed E-state index contributed by atoms with van der Waals surface area (Å²) in [4.78, 5) is 12.4. The third kappa shape index (κ3) is 4.29. The van der Waals surface area contributed by atoms with E-state index in [0.29, 0.717) is 16.1 Å². The molecule has 1 atom stereocenters. The summed E-state index contributed by atoms with van der Waals surface area (Å²) in [6.07, 6.45) is -0.699. The van der Waals surface area contributed by atoms with E-state index in [1.165, 1.54) is 6.07 Å². The highest BCUT2D eigenvalue weighted by molar-refractivity contribution is 8.00. The van der Waals surface area contributed by atoms with Gasteiger partial charge >= 0.3 is 0 Å². The molecule has 0 saturated carbocycles. The number of hydrogen-bond acceptors (Lipinski definition) is 3. The van der Waals surface area contributed by atoms with Crippen LogP contribution in [0.3, 0.4) is 0 Å². The molecule has 0 heterocycles. The smallest absolute Gasteiger partial charge is 0.234 e. The molecule has 2 N–H and O–H groups in total. The van der Waals surface area contributed by atoms with Crippen LogP contribution in [0.4, 0.5) is 14.5 Å². The Bertz CT molecular complexity index is 677. The topological polar surface area (TPSA) is 49.3 Å². The van der Waals surface area contributed by atoms with E-state index in [-0.39, 0.29) is 11.7 Å². The molecule has 2 rings (SSSR count). The van der Waals surface area contributed by atoms with Crippen molar-refractivity contribution in [2.24, 2.45) is 0 Å². The van der Waals surface area contributed by atoms with Crippen molar-refractivity contribution in [1.29, 1.82) is 0 Å². The van der Waals surface area contributed by atoms with Gasteiger partial charge in [-0.3, -0.25) is 4.79 Å². The standard InChI is InChI=1S/C16H15F2NO2S/c1-10(20)12-4-2-3-5-15(12)19-16(21)9-22-11-6-7-13(17)14(18)8-11/h2-8,10,20H,9H2,1H3,(H,19,21). The Labute approximate surface area is 131 Å². The Morgan fingerprint density at radius 3 is 2.64 bits per heavy atom. The Morgan fingerprint density at radius 1 is 1.23 bits per heavy atom. The van der Waals surface area contributed by atoms with Crippen LogP contribution in [-0.4, -0.2) is 16.8 Å². The number of nitrogens with one attached hydrogen (secondary N) is 1. The van der Waals surface area contributed by atoms with Gasteiger partial charge in [0, 0.05) is 16.1 Å². The Morgan fingerprint density at radius 2 is 1.95 bits per heavy atom. The van der Waals surface area contributed by atoms with Crippen molar-refractivity contribution in [2.75, 3.05) is 11.1 Å². The predicted octanol–water partition coefficient (Wildman–Crippen LogP) is 3.75. The summed E-state index contributed by atoms with van der Waals surface area (Å²) < 4.78 is 25.9. The van der Waals surface area contributed by atoms with Crippen molar-refractivity contribution in [3.05, 3.63) is 59.7 Å². The summed E-state index contributed by atoms with van der Waals surface area (Å²) in [7, 11) is 0. The third-order valence-corrected chi connectivity index (χ3v) is 3.94. The van der Waals surface area contributed by atoms with Crippen LogP contribution in [0.2, 0.25) is 0 Å². The van der Waals surface area contributed by atoms with Gasteiger partial charge < -0.3 is 10.4 Å². The number of carbonyl (C=O) groups is 1. The monoisotopic (exact) mass is 323 g/mol. The number of benzene rings is 2. The first-order chi connectivity index (χ1) is 10.5. The Balaban J connectivity index is 1.97. The number of rotatable bonds is 5. The minimum atomic E-state index is -0.940. The SMILES string of the molecule is CC(O)c1ccccc1NC(=O)CSc1ccc(F)c(F)c1. The van der Waals surface area contributed by atoms with E-state index in [9.17, 15) is 18.7 Å². The molecule has 0 aliphatic carbocycles. The number of aliphatic hydroxyl groups is 1. The number of aliphatic hydroxyl groups excluding tert-OH is 1.